The van der Waals surface area contributed by atoms with Crippen LogP contribution in [0.4, 0.5) is 10.1 Å². The molecule has 2 aliphatic rings. The van der Waals surface area contributed by atoms with E-state index in [1.807, 2.05) is 17.5 Å². The summed E-state index contributed by atoms with van der Waals surface area (Å²) in [5.41, 5.74) is 8.33. The Kier molecular flexibility index (Phi) is 7.79. The third-order valence-corrected chi connectivity index (χ3v) is 8.07. The molecule has 206 valence electrons. The number of anilines is 1. The number of nitrogens with two attached hydrogens (primary N) is 1. The molecule has 10 heteroatoms. The van der Waals surface area contributed by atoms with Crippen molar-refractivity contribution < 1.29 is 28.2 Å². The normalized spacial score (nSPS) is 20.8. The van der Waals surface area contributed by atoms with E-state index in [9.17, 15) is 18.8 Å². The van der Waals surface area contributed by atoms with E-state index in [0.717, 1.165) is 4.88 Å². The SMILES string of the molecule is CCOC(=O)C1=C(N)N(c2cccc(F)c2)C2=C(C(=O)C(C(=O)OCC)C(c3cccs3)C2)C1c1cccnc1. The Labute approximate surface area is 234 Å². The Morgan fingerprint density at radius 2 is 1.93 bits per heavy atom. The van der Waals surface area contributed by atoms with Gasteiger partial charge in [-0.2, -0.15) is 0 Å². The highest BCUT2D eigenvalue weighted by molar-refractivity contribution is 7.10. The second-order valence-corrected chi connectivity index (χ2v) is 10.3. The Morgan fingerprint density at radius 3 is 2.58 bits per heavy atom. The van der Waals surface area contributed by atoms with E-state index in [1.54, 1.807) is 44.4 Å². The number of ether oxygens (including phenoxy) is 2. The van der Waals surface area contributed by atoms with E-state index in [-0.39, 0.29) is 36.6 Å². The summed E-state index contributed by atoms with van der Waals surface area (Å²) in [6, 6.07) is 12.9. The minimum Gasteiger partial charge on any atom is -0.465 e. The lowest BCUT2D eigenvalue weighted by molar-refractivity contribution is -0.152. The van der Waals surface area contributed by atoms with Gasteiger partial charge in [-0.15, -0.1) is 11.3 Å². The summed E-state index contributed by atoms with van der Waals surface area (Å²) in [6.07, 6.45) is 3.35. The maximum absolute atomic E-state index is 14.6. The summed E-state index contributed by atoms with van der Waals surface area (Å²) >= 11 is 1.43. The van der Waals surface area contributed by atoms with Gasteiger partial charge in [-0.3, -0.25) is 19.5 Å². The van der Waals surface area contributed by atoms with Gasteiger partial charge >= 0.3 is 11.9 Å². The van der Waals surface area contributed by atoms with E-state index < -0.39 is 41.3 Å². The van der Waals surface area contributed by atoms with Crippen molar-refractivity contribution in [2.75, 3.05) is 18.1 Å². The van der Waals surface area contributed by atoms with Crippen molar-refractivity contribution in [1.82, 2.24) is 4.98 Å². The predicted octanol–water partition coefficient (Wildman–Crippen LogP) is 4.81. The number of aromatic nitrogens is 1. The number of benzene rings is 1. The minimum absolute atomic E-state index is 0.0170. The third kappa shape index (κ3) is 4.79. The first-order chi connectivity index (χ1) is 19.4. The number of carbonyl (C=O) groups is 3. The zero-order valence-electron chi connectivity index (χ0n) is 22.0. The van der Waals surface area contributed by atoms with Crippen molar-refractivity contribution in [2.45, 2.75) is 32.1 Å². The van der Waals surface area contributed by atoms with Crippen LogP contribution in [-0.2, 0) is 23.9 Å². The number of ketones is 1. The van der Waals surface area contributed by atoms with Gasteiger partial charge in [0.1, 0.15) is 17.6 Å². The summed E-state index contributed by atoms with van der Waals surface area (Å²) < 4.78 is 25.3. The predicted molar refractivity (Wildman–Crippen MR) is 148 cm³/mol. The zero-order chi connectivity index (χ0) is 28.4. The lowest BCUT2D eigenvalue weighted by Gasteiger charge is -2.43. The maximum atomic E-state index is 14.6. The molecule has 0 amide bonds. The van der Waals surface area contributed by atoms with Gasteiger partial charge in [0.2, 0.25) is 0 Å². The van der Waals surface area contributed by atoms with Crippen LogP contribution >= 0.6 is 11.3 Å². The standard InChI is InChI=1S/C30H28FN3O5S/c1-3-38-29(36)24-20(22-11-7-13-40-22)15-21-25(27(24)35)23(17-8-6-12-33-16-17)26(30(37)39-4-2)28(32)34(21)19-10-5-9-18(31)14-19/h5-14,16,20,23-24H,3-4,15,32H2,1-2H3. The molecule has 8 nitrogen and oxygen atoms in total. The molecule has 3 unspecified atom stereocenters. The Bertz CT molecular complexity index is 1500. The van der Waals surface area contributed by atoms with Gasteiger partial charge in [0.05, 0.1) is 30.4 Å². The molecule has 0 saturated carbocycles. The lowest BCUT2D eigenvalue weighted by Crippen LogP contribution is -2.46. The van der Waals surface area contributed by atoms with Gasteiger partial charge in [0, 0.05) is 34.5 Å². The molecule has 0 spiro atoms. The van der Waals surface area contributed by atoms with Crippen molar-refractivity contribution in [2.24, 2.45) is 11.7 Å². The molecule has 0 bridgehead atoms. The zero-order valence-corrected chi connectivity index (χ0v) is 22.8. The number of carbonyl (C=O) groups excluding carboxylic acids is 3. The Morgan fingerprint density at radius 1 is 1.12 bits per heavy atom. The van der Waals surface area contributed by atoms with Gasteiger partial charge < -0.3 is 15.2 Å². The second-order valence-electron chi connectivity index (χ2n) is 9.33. The van der Waals surface area contributed by atoms with Crippen molar-refractivity contribution >= 4 is 34.7 Å². The topological polar surface area (TPSA) is 112 Å². The van der Waals surface area contributed by atoms with Gasteiger partial charge in [-0.1, -0.05) is 18.2 Å². The molecule has 3 aromatic rings. The molecule has 1 aliphatic heterocycles. The number of rotatable bonds is 7. The molecule has 3 heterocycles. The number of halogens is 1. The maximum Gasteiger partial charge on any atom is 0.338 e. The van der Waals surface area contributed by atoms with Crippen LogP contribution in [0.5, 0.6) is 0 Å². The molecule has 1 aromatic carbocycles. The van der Waals surface area contributed by atoms with E-state index in [4.69, 9.17) is 15.2 Å². The molecule has 3 atom stereocenters. The van der Waals surface area contributed by atoms with Crippen LogP contribution in [0.15, 0.2) is 89.0 Å². The smallest absolute Gasteiger partial charge is 0.338 e. The Hall–Kier alpha value is -4.31. The number of Topliss-reactive ketones (excluding diaryl/α,β-unsaturated/α-hetero) is 1. The van der Waals surface area contributed by atoms with E-state index >= 15 is 0 Å². The molecule has 0 saturated heterocycles. The Balaban J connectivity index is 1.81. The number of thiophene rings is 1. The molecule has 40 heavy (non-hydrogen) atoms. The molecule has 2 aromatic heterocycles. The lowest BCUT2D eigenvalue weighted by atomic mass is 9.68. The van der Waals surface area contributed by atoms with Crippen LogP contribution in [-0.4, -0.2) is 35.9 Å². The van der Waals surface area contributed by atoms with Crippen LogP contribution < -0.4 is 10.6 Å². The van der Waals surface area contributed by atoms with Gasteiger partial charge in [0.15, 0.2) is 5.78 Å². The fourth-order valence-corrected chi connectivity index (χ4v) is 6.36. The largest absolute Gasteiger partial charge is 0.465 e. The third-order valence-electron chi connectivity index (χ3n) is 7.07. The van der Waals surface area contributed by atoms with Gasteiger partial charge in [0.25, 0.3) is 0 Å². The molecule has 0 fully saturated rings. The summed E-state index contributed by atoms with van der Waals surface area (Å²) in [4.78, 5) is 48.0. The van der Waals surface area contributed by atoms with Gasteiger partial charge in [-0.25, -0.2) is 9.18 Å². The molecule has 2 N–H and O–H groups in total. The quantitative estimate of drug-likeness (QED) is 0.323. The fourth-order valence-electron chi connectivity index (χ4n) is 5.50. The van der Waals surface area contributed by atoms with Crippen LogP contribution in [0.2, 0.25) is 0 Å². The number of nitrogens with zero attached hydrogens (tertiary/aromatic N) is 2. The van der Waals surface area contributed by atoms with Crippen molar-refractivity contribution in [3.05, 3.63) is 105 Å². The molecule has 1 aliphatic carbocycles. The number of pyridine rings is 1. The van der Waals surface area contributed by atoms with E-state index in [2.05, 4.69) is 4.98 Å². The van der Waals surface area contributed by atoms with Crippen molar-refractivity contribution in [3.8, 4) is 0 Å². The molecule has 5 rings (SSSR count). The van der Waals surface area contributed by atoms with E-state index in [1.165, 1.54) is 34.4 Å². The monoisotopic (exact) mass is 561 g/mol. The fraction of sp³-hybridized carbons (Fsp3) is 0.267. The first-order valence-corrected chi connectivity index (χ1v) is 13.8. The summed E-state index contributed by atoms with van der Waals surface area (Å²) in [6.45, 7) is 3.53. The summed E-state index contributed by atoms with van der Waals surface area (Å²) in [5, 5.41) is 1.88. The van der Waals surface area contributed by atoms with E-state index in [0.29, 0.717) is 16.9 Å². The molecular weight excluding hydrogens is 533 g/mol. The second kappa shape index (κ2) is 11.4. The van der Waals surface area contributed by atoms with Crippen molar-refractivity contribution in [1.29, 1.82) is 0 Å². The average molecular weight is 562 g/mol. The van der Waals surface area contributed by atoms with Crippen molar-refractivity contribution in [3.63, 3.8) is 0 Å². The number of hydrogen-bond acceptors (Lipinski definition) is 9. The number of hydrogen-bond donors (Lipinski definition) is 1. The minimum atomic E-state index is -1.14. The first kappa shape index (κ1) is 27.3. The highest BCUT2D eigenvalue weighted by Crippen LogP contribution is 2.52. The van der Waals surface area contributed by atoms with Crippen LogP contribution in [0.3, 0.4) is 0 Å². The molecule has 0 radical (unpaired) electrons. The van der Waals surface area contributed by atoms with Gasteiger partial charge in [-0.05, 0) is 61.5 Å². The van der Waals surface area contributed by atoms with Crippen LogP contribution in [0.25, 0.3) is 0 Å². The van der Waals surface area contributed by atoms with Crippen LogP contribution in [0, 0.1) is 11.7 Å². The summed E-state index contributed by atoms with van der Waals surface area (Å²) in [7, 11) is 0. The highest BCUT2D eigenvalue weighted by Gasteiger charge is 2.51. The first-order valence-electron chi connectivity index (χ1n) is 13.0. The summed E-state index contributed by atoms with van der Waals surface area (Å²) in [5.74, 6) is -4.99. The molecular formula is C30H28FN3O5S. The van der Waals surface area contributed by atoms with Crippen LogP contribution in [0.1, 0.15) is 42.5 Å². The number of esters is 2. The number of allylic oxidation sites excluding steroid dienone is 2. The average Bonchev–Trinajstić information content (AvgIpc) is 3.48. The highest BCUT2D eigenvalue weighted by atomic mass is 32.1.